The molecule has 0 aliphatic carbocycles. The molecule has 2 rings (SSSR count). The second-order valence-corrected chi connectivity index (χ2v) is 7.34. The summed E-state index contributed by atoms with van der Waals surface area (Å²) < 4.78 is 0. The molecule has 2 atom stereocenters. The van der Waals surface area contributed by atoms with Crippen molar-refractivity contribution in [2.45, 2.75) is 39.3 Å². The van der Waals surface area contributed by atoms with Gasteiger partial charge in [0.1, 0.15) is 0 Å². The molecule has 0 heterocycles. The maximum atomic E-state index is 12.7. The molecule has 0 saturated heterocycles. The summed E-state index contributed by atoms with van der Waals surface area (Å²) in [7, 11) is 0. The molecule has 5 nitrogen and oxygen atoms in total. The molecule has 2 aromatic rings. The van der Waals surface area contributed by atoms with E-state index in [1.54, 1.807) is 0 Å². The summed E-state index contributed by atoms with van der Waals surface area (Å²) in [4.78, 5) is 26.6. The van der Waals surface area contributed by atoms with Crippen LogP contribution in [0, 0.1) is 0 Å². The van der Waals surface area contributed by atoms with Gasteiger partial charge < -0.3 is 10.6 Å². The molecule has 6 heteroatoms. The number of carbonyl (C=O) groups is 2. The van der Waals surface area contributed by atoms with Crippen molar-refractivity contribution < 1.29 is 9.59 Å². The number of likely N-dealkylation sites (N-methyl/N-ethyl adjacent to an activating group) is 1. The van der Waals surface area contributed by atoms with Crippen molar-refractivity contribution in [3.8, 4) is 0 Å². The van der Waals surface area contributed by atoms with Crippen molar-refractivity contribution in [1.82, 2.24) is 15.5 Å². The Morgan fingerprint density at radius 3 is 2.21 bits per heavy atom. The van der Waals surface area contributed by atoms with Crippen molar-refractivity contribution in [3.05, 3.63) is 70.7 Å². The first-order chi connectivity index (χ1) is 14.0. The molecule has 0 aliphatic rings. The van der Waals surface area contributed by atoms with Gasteiger partial charge >= 0.3 is 0 Å². The van der Waals surface area contributed by atoms with E-state index in [0.717, 1.165) is 24.2 Å². The Hall–Kier alpha value is -2.37. The fraction of sp³-hybridized carbons (Fsp3) is 0.391. The first-order valence-corrected chi connectivity index (χ1v) is 10.4. The molecule has 0 spiro atoms. The summed E-state index contributed by atoms with van der Waals surface area (Å²) in [6.07, 6.45) is 0.178. The van der Waals surface area contributed by atoms with Crippen LogP contribution < -0.4 is 10.6 Å². The van der Waals surface area contributed by atoms with E-state index in [1.807, 2.05) is 54.6 Å². The Kier molecular flexibility index (Phi) is 9.16. The van der Waals surface area contributed by atoms with Crippen molar-refractivity contribution in [2.75, 3.05) is 19.6 Å². The lowest BCUT2D eigenvalue weighted by Gasteiger charge is -2.31. The van der Waals surface area contributed by atoms with Crippen molar-refractivity contribution in [1.29, 1.82) is 0 Å². The highest BCUT2D eigenvalue weighted by Gasteiger charge is 2.22. The quantitative estimate of drug-likeness (QED) is 0.614. The number of benzene rings is 2. The van der Waals surface area contributed by atoms with Gasteiger partial charge in [-0.15, -0.1) is 0 Å². The SMILES string of the molecule is CCN(CC)[C@H](CNC(=O)C[C@H](NC(C)=O)c1ccccc1)c1ccccc1Cl. The highest BCUT2D eigenvalue weighted by atomic mass is 35.5. The largest absolute Gasteiger partial charge is 0.354 e. The van der Waals surface area contributed by atoms with Crippen LogP contribution in [0.25, 0.3) is 0 Å². The zero-order valence-electron chi connectivity index (χ0n) is 17.3. The van der Waals surface area contributed by atoms with Gasteiger partial charge in [-0.3, -0.25) is 14.5 Å². The molecule has 2 amide bonds. The average Bonchev–Trinajstić information content (AvgIpc) is 2.71. The molecule has 156 valence electrons. The minimum Gasteiger partial charge on any atom is -0.354 e. The highest BCUT2D eigenvalue weighted by Crippen LogP contribution is 2.27. The summed E-state index contributed by atoms with van der Waals surface area (Å²) in [5, 5.41) is 6.60. The summed E-state index contributed by atoms with van der Waals surface area (Å²) in [5.41, 5.74) is 1.91. The van der Waals surface area contributed by atoms with Crippen LogP contribution in [0.15, 0.2) is 54.6 Å². The van der Waals surface area contributed by atoms with Gasteiger partial charge in [-0.05, 0) is 30.3 Å². The van der Waals surface area contributed by atoms with Crippen LogP contribution in [0.1, 0.15) is 50.4 Å². The van der Waals surface area contributed by atoms with Crippen LogP contribution in [0.4, 0.5) is 0 Å². The fourth-order valence-electron chi connectivity index (χ4n) is 3.50. The molecule has 0 saturated carbocycles. The monoisotopic (exact) mass is 415 g/mol. The van der Waals surface area contributed by atoms with Gasteiger partial charge in [-0.1, -0.05) is 74.0 Å². The maximum Gasteiger partial charge on any atom is 0.222 e. The normalized spacial score (nSPS) is 13.0. The Morgan fingerprint density at radius 2 is 1.62 bits per heavy atom. The van der Waals surface area contributed by atoms with Crippen LogP contribution >= 0.6 is 11.6 Å². The molecule has 0 fully saturated rings. The first kappa shape index (κ1) is 22.9. The van der Waals surface area contributed by atoms with E-state index < -0.39 is 0 Å². The molecular formula is C23H30ClN3O2. The minimum absolute atomic E-state index is 0.0152. The topological polar surface area (TPSA) is 61.4 Å². The molecule has 2 N–H and O–H groups in total. The number of hydrogen-bond acceptors (Lipinski definition) is 3. The fourth-order valence-corrected chi connectivity index (χ4v) is 3.76. The molecule has 0 aliphatic heterocycles. The number of rotatable bonds is 10. The molecular weight excluding hydrogens is 386 g/mol. The lowest BCUT2D eigenvalue weighted by atomic mass is 10.0. The summed E-state index contributed by atoms with van der Waals surface area (Å²) in [6.45, 7) is 7.80. The van der Waals surface area contributed by atoms with E-state index in [-0.39, 0.29) is 30.3 Å². The summed E-state index contributed by atoms with van der Waals surface area (Å²) in [5.74, 6) is -0.277. The Balaban J connectivity index is 2.10. The second-order valence-electron chi connectivity index (χ2n) is 6.93. The third-order valence-electron chi connectivity index (χ3n) is 4.98. The average molecular weight is 416 g/mol. The van der Waals surface area contributed by atoms with E-state index in [9.17, 15) is 9.59 Å². The van der Waals surface area contributed by atoms with Crippen LogP contribution in [0.5, 0.6) is 0 Å². The summed E-state index contributed by atoms with van der Waals surface area (Å²) >= 11 is 6.43. The van der Waals surface area contributed by atoms with Crippen molar-refractivity contribution in [2.24, 2.45) is 0 Å². The van der Waals surface area contributed by atoms with E-state index >= 15 is 0 Å². The smallest absolute Gasteiger partial charge is 0.222 e. The number of amides is 2. The lowest BCUT2D eigenvalue weighted by molar-refractivity contribution is -0.123. The zero-order chi connectivity index (χ0) is 21.2. The van der Waals surface area contributed by atoms with Crippen molar-refractivity contribution in [3.63, 3.8) is 0 Å². The van der Waals surface area contributed by atoms with Crippen LogP contribution in [0.3, 0.4) is 0 Å². The Morgan fingerprint density at radius 1 is 1.00 bits per heavy atom. The third-order valence-corrected chi connectivity index (χ3v) is 5.32. The standard InChI is InChI=1S/C23H30ClN3O2/c1-4-27(5-2)22(19-13-9-10-14-20(19)24)16-25-23(29)15-21(26-17(3)28)18-11-7-6-8-12-18/h6-14,21-22H,4-5,15-16H2,1-3H3,(H,25,29)(H,26,28)/t21-,22+/m0/s1. The number of halogens is 1. The van der Waals surface area contributed by atoms with Gasteiger partial charge in [0.25, 0.3) is 0 Å². The number of carbonyl (C=O) groups excluding carboxylic acids is 2. The molecule has 2 aromatic carbocycles. The van der Waals surface area contributed by atoms with E-state index in [1.165, 1.54) is 6.92 Å². The van der Waals surface area contributed by atoms with Gasteiger partial charge in [0.15, 0.2) is 0 Å². The molecule has 0 unspecified atom stereocenters. The van der Waals surface area contributed by atoms with Gasteiger partial charge in [0.05, 0.1) is 18.5 Å². The van der Waals surface area contributed by atoms with E-state index in [4.69, 9.17) is 11.6 Å². The van der Waals surface area contributed by atoms with Gasteiger partial charge in [-0.2, -0.15) is 0 Å². The van der Waals surface area contributed by atoms with Crippen molar-refractivity contribution >= 4 is 23.4 Å². The molecule has 0 aromatic heterocycles. The van der Waals surface area contributed by atoms with Gasteiger partial charge in [-0.25, -0.2) is 0 Å². The number of nitrogens with zero attached hydrogens (tertiary/aromatic N) is 1. The highest BCUT2D eigenvalue weighted by molar-refractivity contribution is 6.31. The predicted molar refractivity (Wildman–Crippen MR) is 118 cm³/mol. The minimum atomic E-state index is -0.360. The maximum absolute atomic E-state index is 12.7. The molecule has 29 heavy (non-hydrogen) atoms. The van der Waals surface area contributed by atoms with Crippen LogP contribution in [0.2, 0.25) is 5.02 Å². The zero-order valence-corrected chi connectivity index (χ0v) is 18.1. The lowest BCUT2D eigenvalue weighted by Crippen LogP contribution is -2.39. The number of hydrogen-bond donors (Lipinski definition) is 2. The third kappa shape index (κ3) is 6.87. The van der Waals surface area contributed by atoms with E-state index in [0.29, 0.717) is 11.6 Å². The summed E-state index contributed by atoms with van der Waals surface area (Å²) in [6, 6.07) is 16.9. The van der Waals surface area contributed by atoms with Gasteiger partial charge in [0.2, 0.25) is 11.8 Å². The van der Waals surface area contributed by atoms with E-state index in [2.05, 4.69) is 29.4 Å². The molecule has 0 bridgehead atoms. The first-order valence-electron chi connectivity index (χ1n) is 10.0. The van der Waals surface area contributed by atoms with Crippen LogP contribution in [-0.4, -0.2) is 36.3 Å². The predicted octanol–water partition coefficient (Wildman–Crippen LogP) is 4.11. The Labute approximate surface area is 178 Å². The molecule has 0 radical (unpaired) electrons. The van der Waals surface area contributed by atoms with Crippen LogP contribution in [-0.2, 0) is 9.59 Å². The van der Waals surface area contributed by atoms with Gasteiger partial charge in [0, 0.05) is 18.5 Å². The number of nitrogens with one attached hydrogen (secondary N) is 2. The second kappa shape index (κ2) is 11.6. The Bertz CT molecular complexity index is 794.